The highest BCUT2D eigenvalue weighted by molar-refractivity contribution is 7.91. The van der Waals surface area contributed by atoms with Gasteiger partial charge in [-0.3, -0.25) is 14.9 Å². The van der Waals surface area contributed by atoms with E-state index >= 15 is 0 Å². The number of benzene rings is 1. The van der Waals surface area contributed by atoms with Gasteiger partial charge in [-0.05, 0) is 18.4 Å². The number of carbonyl (C=O) groups is 1. The van der Waals surface area contributed by atoms with Crippen LogP contribution in [-0.2, 0) is 14.6 Å². The van der Waals surface area contributed by atoms with Gasteiger partial charge in [0.15, 0.2) is 27.9 Å². The van der Waals surface area contributed by atoms with E-state index in [2.05, 4.69) is 0 Å². The summed E-state index contributed by atoms with van der Waals surface area (Å²) in [5, 5.41) is 10.9. The van der Waals surface area contributed by atoms with Crippen LogP contribution in [-0.4, -0.2) is 62.0 Å². The minimum Gasteiger partial charge on any atom is -0.493 e. The van der Waals surface area contributed by atoms with Crippen LogP contribution in [0.4, 0.5) is 5.69 Å². The topological polar surface area (TPSA) is 116 Å². The van der Waals surface area contributed by atoms with Crippen molar-refractivity contribution in [1.29, 1.82) is 0 Å². The summed E-state index contributed by atoms with van der Waals surface area (Å²) in [4.78, 5) is 24.6. The average Bonchev–Trinajstić information content (AvgIpc) is 2.96. The Bertz CT molecular complexity index is 807. The van der Waals surface area contributed by atoms with Gasteiger partial charge >= 0.3 is 0 Å². The van der Waals surface area contributed by atoms with E-state index < -0.39 is 14.8 Å². The number of rotatable bonds is 8. The Morgan fingerprint density at radius 1 is 1.37 bits per heavy atom. The normalized spacial score (nSPS) is 18.3. The number of carbonyl (C=O) groups excluding carboxylic acids is 1. The lowest BCUT2D eigenvalue weighted by molar-refractivity contribution is -0.385. The molecule has 1 aromatic rings. The van der Waals surface area contributed by atoms with Crippen molar-refractivity contribution in [2.24, 2.45) is 5.92 Å². The molecule has 0 bridgehead atoms. The van der Waals surface area contributed by atoms with Gasteiger partial charge in [0.05, 0.1) is 29.6 Å². The lowest BCUT2D eigenvalue weighted by Gasteiger charge is -2.30. The van der Waals surface area contributed by atoms with Crippen molar-refractivity contribution in [2.45, 2.75) is 26.3 Å². The van der Waals surface area contributed by atoms with Crippen LogP contribution >= 0.6 is 0 Å². The molecule has 1 fully saturated rings. The zero-order valence-electron chi connectivity index (χ0n) is 15.6. The molecule has 0 saturated carbocycles. The predicted octanol–water partition coefficient (Wildman–Crippen LogP) is 1.65. The zero-order valence-corrected chi connectivity index (χ0v) is 16.4. The molecule has 27 heavy (non-hydrogen) atoms. The van der Waals surface area contributed by atoms with E-state index in [1.165, 1.54) is 25.3 Å². The van der Waals surface area contributed by atoms with Gasteiger partial charge in [-0.25, -0.2) is 8.42 Å². The zero-order chi connectivity index (χ0) is 20.2. The fraction of sp³-hybridized carbons (Fsp3) is 0.588. The van der Waals surface area contributed by atoms with Crippen LogP contribution in [0, 0.1) is 16.0 Å². The van der Waals surface area contributed by atoms with E-state index in [-0.39, 0.29) is 53.2 Å². The molecular formula is C17H24N2O7S. The summed E-state index contributed by atoms with van der Waals surface area (Å²) in [6, 6.07) is 3.49. The number of nitro groups is 1. The van der Waals surface area contributed by atoms with Gasteiger partial charge in [0.25, 0.3) is 11.6 Å². The van der Waals surface area contributed by atoms with Crippen LogP contribution in [0.15, 0.2) is 18.2 Å². The molecule has 0 unspecified atom stereocenters. The number of amides is 1. The molecule has 1 saturated heterocycles. The Labute approximate surface area is 158 Å². The molecule has 1 amide bonds. The van der Waals surface area contributed by atoms with E-state index in [1.807, 2.05) is 13.8 Å². The maximum atomic E-state index is 12.7. The quantitative estimate of drug-likeness (QED) is 0.481. The third-order valence-electron chi connectivity index (χ3n) is 4.24. The maximum absolute atomic E-state index is 12.7. The fourth-order valence-corrected chi connectivity index (χ4v) is 4.71. The molecule has 1 heterocycles. The maximum Gasteiger partial charge on any atom is 0.273 e. The van der Waals surface area contributed by atoms with Gasteiger partial charge in [0.1, 0.15) is 0 Å². The van der Waals surface area contributed by atoms with E-state index in [1.54, 1.807) is 4.90 Å². The third-order valence-corrected chi connectivity index (χ3v) is 5.99. The number of sulfone groups is 1. The molecule has 9 nitrogen and oxygen atoms in total. The second-order valence-electron chi connectivity index (χ2n) is 6.88. The summed E-state index contributed by atoms with van der Waals surface area (Å²) in [6.07, 6.45) is 0.404. The second-order valence-corrected chi connectivity index (χ2v) is 9.11. The highest BCUT2D eigenvalue weighted by Crippen LogP contribution is 2.31. The first kappa shape index (κ1) is 20.9. The van der Waals surface area contributed by atoms with E-state index in [0.717, 1.165) is 0 Å². The number of hydrogen-bond donors (Lipinski definition) is 0. The van der Waals surface area contributed by atoms with Crippen molar-refractivity contribution in [2.75, 3.05) is 31.8 Å². The smallest absolute Gasteiger partial charge is 0.273 e. The summed E-state index contributed by atoms with van der Waals surface area (Å²) in [5.41, 5.74) is -0.181. The Morgan fingerprint density at radius 2 is 2.07 bits per heavy atom. The molecule has 0 N–H and O–H groups in total. The first-order valence-corrected chi connectivity index (χ1v) is 10.4. The molecule has 1 aromatic carbocycles. The average molecular weight is 400 g/mol. The molecular weight excluding hydrogens is 376 g/mol. The first-order chi connectivity index (χ1) is 12.6. The highest BCUT2D eigenvalue weighted by atomic mass is 32.2. The van der Waals surface area contributed by atoms with E-state index in [4.69, 9.17) is 9.47 Å². The van der Waals surface area contributed by atoms with Gasteiger partial charge in [-0.2, -0.15) is 0 Å². The van der Waals surface area contributed by atoms with Crippen molar-refractivity contribution in [3.05, 3.63) is 28.3 Å². The minimum absolute atomic E-state index is 0.0500. The monoisotopic (exact) mass is 400 g/mol. The van der Waals surface area contributed by atoms with E-state index in [0.29, 0.717) is 13.0 Å². The van der Waals surface area contributed by atoms with Crippen molar-refractivity contribution < 1.29 is 27.6 Å². The minimum atomic E-state index is -3.13. The lowest BCUT2D eigenvalue weighted by atomic mass is 10.1. The van der Waals surface area contributed by atoms with Crippen molar-refractivity contribution in [3.63, 3.8) is 0 Å². The molecule has 1 atom stereocenters. The Morgan fingerprint density at radius 3 is 2.59 bits per heavy atom. The second kappa shape index (κ2) is 8.55. The van der Waals surface area contributed by atoms with Gasteiger partial charge in [0, 0.05) is 18.7 Å². The van der Waals surface area contributed by atoms with Crippen LogP contribution in [0.1, 0.15) is 20.3 Å². The van der Waals surface area contributed by atoms with Crippen LogP contribution in [0.3, 0.4) is 0 Å². The molecule has 10 heteroatoms. The van der Waals surface area contributed by atoms with Gasteiger partial charge < -0.3 is 14.4 Å². The predicted molar refractivity (Wildman–Crippen MR) is 98.8 cm³/mol. The van der Waals surface area contributed by atoms with Crippen LogP contribution < -0.4 is 9.47 Å². The fourth-order valence-electron chi connectivity index (χ4n) is 2.98. The summed E-state index contributed by atoms with van der Waals surface area (Å²) < 4.78 is 34.1. The molecule has 0 spiro atoms. The molecule has 1 aliphatic rings. The van der Waals surface area contributed by atoms with Gasteiger partial charge in [0.2, 0.25) is 0 Å². The number of nitro benzene ring substituents is 1. The molecule has 150 valence electrons. The summed E-state index contributed by atoms with van der Waals surface area (Å²) in [7, 11) is -1.74. The molecule has 0 aromatic heterocycles. The Hall–Kier alpha value is -2.36. The lowest BCUT2D eigenvalue weighted by Crippen LogP contribution is -2.45. The Balaban J connectivity index is 2.13. The number of hydrogen-bond acceptors (Lipinski definition) is 7. The summed E-state index contributed by atoms with van der Waals surface area (Å²) in [6.45, 7) is 3.93. The van der Waals surface area contributed by atoms with Crippen LogP contribution in [0.2, 0.25) is 0 Å². The Kier molecular flexibility index (Phi) is 6.63. The summed E-state index contributed by atoms with van der Waals surface area (Å²) in [5.74, 6) is 0.171. The summed E-state index contributed by atoms with van der Waals surface area (Å²) >= 11 is 0. The van der Waals surface area contributed by atoms with Crippen molar-refractivity contribution >= 4 is 21.4 Å². The van der Waals surface area contributed by atoms with E-state index in [9.17, 15) is 23.3 Å². The van der Waals surface area contributed by atoms with Crippen molar-refractivity contribution in [1.82, 2.24) is 4.90 Å². The molecule has 1 aliphatic heterocycles. The standard InChI is InChI=1S/C17H24N2O7S/c1-12(2)9-18(14-6-7-27(23,24)11-14)17(20)10-26-16-8-13(19(21)22)4-5-15(16)25-3/h4-5,8,12,14H,6-7,9-11H2,1-3H3/t14-/m0/s1. The first-order valence-electron chi connectivity index (χ1n) is 8.58. The number of non-ortho nitro benzene ring substituents is 1. The SMILES string of the molecule is COc1ccc([N+](=O)[O-])cc1OCC(=O)N(CC(C)C)[C@H]1CCS(=O)(=O)C1. The van der Waals surface area contributed by atoms with Crippen LogP contribution in [0.5, 0.6) is 11.5 Å². The number of ether oxygens (including phenoxy) is 2. The molecule has 2 rings (SSSR count). The largest absolute Gasteiger partial charge is 0.493 e. The number of nitrogens with zero attached hydrogens (tertiary/aromatic N) is 2. The highest BCUT2D eigenvalue weighted by Gasteiger charge is 2.35. The van der Waals surface area contributed by atoms with Gasteiger partial charge in [-0.1, -0.05) is 13.8 Å². The number of methoxy groups -OCH3 is 1. The van der Waals surface area contributed by atoms with Crippen LogP contribution in [0.25, 0.3) is 0 Å². The van der Waals surface area contributed by atoms with Gasteiger partial charge in [-0.15, -0.1) is 0 Å². The third kappa shape index (κ3) is 5.56. The molecule has 0 aliphatic carbocycles. The van der Waals surface area contributed by atoms with Crippen molar-refractivity contribution in [3.8, 4) is 11.5 Å². The molecule has 0 radical (unpaired) electrons.